The van der Waals surface area contributed by atoms with Crippen molar-refractivity contribution in [2.75, 3.05) is 0 Å². The highest BCUT2D eigenvalue weighted by Gasteiger charge is 1.98. The summed E-state index contributed by atoms with van der Waals surface area (Å²) in [7, 11) is 0. The van der Waals surface area contributed by atoms with Gasteiger partial charge in [0, 0.05) is 0 Å². The molecule has 0 heterocycles. The molecule has 0 N–H and O–H groups in total. The van der Waals surface area contributed by atoms with Gasteiger partial charge in [0.25, 0.3) is 0 Å². The van der Waals surface area contributed by atoms with Gasteiger partial charge in [0.2, 0.25) is 6.20 Å². The lowest BCUT2D eigenvalue weighted by atomic mass is 10.1. The van der Waals surface area contributed by atoms with E-state index in [4.69, 9.17) is 0 Å². The maximum atomic E-state index is 9.92. The summed E-state index contributed by atoms with van der Waals surface area (Å²) in [5, 5.41) is 9.92. The molecule has 0 aliphatic rings. The Balaban J connectivity index is 3.83. The second-order valence-electron chi connectivity index (χ2n) is 2.86. The fourth-order valence-corrected chi connectivity index (χ4v) is 0.877. The van der Waals surface area contributed by atoms with Crippen molar-refractivity contribution in [2.45, 2.75) is 27.2 Å². The molecule has 0 aliphatic heterocycles. The van der Waals surface area contributed by atoms with Crippen molar-refractivity contribution in [2.24, 2.45) is 5.92 Å². The molecule has 0 atom stereocenters. The molecule has 0 aromatic heterocycles. The zero-order valence-corrected chi connectivity index (χ0v) is 6.63. The molecular formula is C7H13NO2. The maximum Gasteiger partial charge on any atom is 0.233 e. The zero-order chi connectivity index (χ0) is 8.15. The number of hydrogen-bond acceptors (Lipinski definition) is 2. The van der Waals surface area contributed by atoms with Crippen LogP contribution in [0, 0.1) is 16.0 Å². The molecule has 0 amide bonds. The monoisotopic (exact) mass is 143 g/mol. The third-order valence-corrected chi connectivity index (χ3v) is 1.06. The van der Waals surface area contributed by atoms with Crippen molar-refractivity contribution < 1.29 is 4.92 Å². The number of hydrogen-bond donors (Lipinski definition) is 0. The van der Waals surface area contributed by atoms with Crippen LogP contribution in [0.2, 0.25) is 0 Å². The number of allylic oxidation sites excluding steroid dienone is 1. The van der Waals surface area contributed by atoms with E-state index in [1.54, 1.807) is 6.92 Å². The molecule has 0 aromatic carbocycles. The maximum absolute atomic E-state index is 9.92. The lowest BCUT2D eigenvalue weighted by Crippen LogP contribution is -1.92. The Hall–Kier alpha value is -0.860. The quantitative estimate of drug-likeness (QED) is 0.449. The highest BCUT2D eigenvalue weighted by atomic mass is 16.6. The molecule has 10 heavy (non-hydrogen) atoms. The van der Waals surface area contributed by atoms with E-state index in [9.17, 15) is 10.1 Å². The van der Waals surface area contributed by atoms with E-state index < -0.39 is 4.92 Å². The summed E-state index contributed by atoms with van der Waals surface area (Å²) >= 11 is 0. The summed E-state index contributed by atoms with van der Waals surface area (Å²) < 4.78 is 0. The Kier molecular flexibility index (Phi) is 3.69. The minimum atomic E-state index is -0.405. The first kappa shape index (κ1) is 9.14. The smallest absolute Gasteiger partial charge is 0.233 e. The topological polar surface area (TPSA) is 43.1 Å². The van der Waals surface area contributed by atoms with Gasteiger partial charge in [-0.3, -0.25) is 10.1 Å². The summed E-state index contributed by atoms with van der Waals surface area (Å²) in [6.07, 6.45) is 1.88. The van der Waals surface area contributed by atoms with Crippen LogP contribution in [0.25, 0.3) is 0 Å². The van der Waals surface area contributed by atoms with Gasteiger partial charge >= 0.3 is 0 Å². The van der Waals surface area contributed by atoms with Gasteiger partial charge in [0.05, 0.1) is 4.92 Å². The van der Waals surface area contributed by atoms with E-state index in [1.165, 1.54) is 0 Å². The molecule has 0 saturated carbocycles. The van der Waals surface area contributed by atoms with Crippen LogP contribution < -0.4 is 0 Å². The van der Waals surface area contributed by atoms with Gasteiger partial charge in [0.15, 0.2) is 0 Å². The number of nitrogens with zero attached hydrogens (tertiary/aromatic N) is 1. The van der Waals surface area contributed by atoms with E-state index in [0.717, 1.165) is 18.2 Å². The van der Waals surface area contributed by atoms with Crippen LogP contribution in [-0.4, -0.2) is 4.92 Å². The summed E-state index contributed by atoms with van der Waals surface area (Å²) in [6.45, 7) is 5.86. The van der Waals surface area contributed by atoms with Crippen LogP contribution in [0.1, 0.15) is 27.2 Å². The Morgan fingerprint density at radius 2 is 2.20 bits per heavy atom. The Labute approximate surface area is 60.9 Å². The Morgan fingerprint density at radius 3 is 2.50 bits per heavy atom. The van der Waals surface area contributed by atoms with Crippen LogP contribution in [0.4, 0.5) is 0 Å². The van der Waals surface area contributed by atoms with Crippen molar-refractivity contribution in [3.8, 4) is 0 Å². The lowest BCUT2D eigenvalue weighted by Gasteiger charge is -2.00. The number of nitro groups is 1. The fraction of sp³-hybridized carbons (Fsp3) is 0.714. The molecule has 0 fully saturated rings. The SMILES string of the molecule is C/C(=C\[N+](=O)[O-])CC(C)C. The minimum absolute atomic E-state index is 0.405. The molecule has 0 unspecified atom stereocenters. The Bertz CT molecular complexity index is 150. The third-order valence-electron chi connectivity index (χ3n) is 1.06. The largest absolute Gasteiger partial charge is 0.259 e. The van der Waals surface area contributed by atoms with Crippen LogP contribution in [-0.2, 0) is 0 Å². The van der Waals surface area contributed by atoms with Crippen molar-refractivity contribution in [3.05, 3.63) is 21.9 Å². The average molecular weight is 143 g/mol. The molecule has 3 heteroatoms. The van der Waals surface area contributed by atoms with E-state index >= 15 is 0 Å². The molecule has 0 aliphatic carbocycles. The summed E-state index contributed by atoms with van der Waals surface area (Å²) in [6, 6.07) is 0. The number of rotatable bonds is 3. The summed E-state index contributed by atoms with van der Waals surface area (Å²) in [4.78, 5) is 9.52. The van der Waals surface area contributed by atoms with Gasteiger partial charge < -0.3 is 0 Å². The van der Waals surface area contributed by atoms with Gasteiger partial charge in [-0.05, 0) is 24.8 Å². The Morgan fingerprint density at radius 1 is 1.70 bits per heavy atom. The molecule has 58 valence electrons. The lowest BCUT2D eigenvalue weighted by molar-refractivity contribution is -0.403. The minimum Gasteiger partial charge on any atom is -0.259 e. The van der Waals surface area contributed by atoms with Crippen molar-refractivity contribution in [1.29, 1.82) is 0 Å². The van der Waals surface area contributed by atoms with Crippen LogP contribution >= 0.6 is 0 Å². The predicted octanol–water partition coefficient (Wildman–Crippen LogP) is 2.21. The summed E-state index contributed by atoms with van der Waals surface area (Å²) in [5.41, 5.74) is 0.833. The molecule has 3 nitrogen and oxygen atoms in total. The molecule has 0 rings (SSSR count). The van der Waals surface area contributed by atoms with Crippen LogP contribution in [0.3, 0.4) is 0 Å². The standard InChI is InChI=1S/C7H13NO2/c1-6(2)4-7(3)5-8(9)10/h5-6H,4H2,1-3H3/b7-5+. The van der Waals surface area contributed by atoms with Crippen molar-refractivity contribution >= 4 is 0 Å². The third kappa shape index (κ3) is 5.28. The average Bonchev–Trinajstić information content (AvgIpc) is 1.58. The molecule has 0 radical (unpaired) electrons. The first-order chi connectivity index (χ1) is 4.52. The first-order valence-corrected chi connectivity index (χ1v) is 3.33. The molecule has 0 spiro atoms. The molecular weight excluding hydrogens is 130 g/mol. The molecule has 0 saturated heterocycles. The molecule has 0 aromatic rings. The van der Waals surface area contributed by atoms with E-state index in [1.807, 2.05) is 13.8 Å². The fourth-order valence-electron chi connectivity index (χ4n) is 0.877. The van der Waals surface area contributed by atoms with E-state index in [-0.39, 0.29) is 0 Å². The summed E-state index contributed by atoms with van der Waals surface area (Å²) in [5.74, 6) is 0.496. The highest BCUT2D eigenvalue weighted by Crippen LogP contribution is 2.08. The van der Waals surface area contributed by atoms with E-state index in [0.29, 0.717) is 5.92 Å². The van der Waals surface area contributed by atoms with Gasteiger partial charge in [-0.15, -0.1) is 0 Å². The van der Waals surface area contributed by atoms with Crippen molar-refractivity contribution in [3.63, 3.8) is 0 Å². The normalized spacial score (nSPS) is 12.2. The zero-order valence-electron chi connectivity index (χ0n) is 6.63. The van der Waals surface area contributed by atoms with E-state index in [2.05, 4.69) is 0 Å². The van der Waals surface area contributed by atoms with Gasteiger partial charge in [-0.25, -0.2) is 0 Å². The van der Waals surface area contributed by atoms with Gasteiger partial charge in [-0.1, -0.05) is 13.8 Å². The predicted molar refractivity (Wildman–Crippen MR) is 40.2 cm³/mol. The van der Waals surface area contributed by atoms with Gasteiger partial charge in [0.1, 0.15) is 0 Å². The second kappa shape index (κ2) is 4.04. The first-order valence-electron chi connectivity index (χ1n) is 3.33. The van der Waals surface area contributed by atoms with Crippen molar-refractivity contribution in [1.82, 2.24) is 0 Å². The van der Waals surface area contributed by atoms with Gasteiger partial charge in [-0.2, -0.15) is 0 Å². The van der Waals surface area contributed by atoms with Crippen LogP contribution in [0.15, 0.2) is 11.8 Å². The highest BCUT2D eigenvalue weighted by molar-refractivity contribution is 4.92. The second-order valence-corrected chi connectivity index (χ2v) is 2.86. The molecule has 0 bridgehead atoms. The van der Waals surface area contributed by atoms with Crippen LogP contribution in [0.5, 0.6) is 0 Å².